The quantitative estimate of drug-likeness (QED) is 0.356. The van der Waals surface area contributed by atoms with Gasteiger partial charge in [-0.25, -0.2) is 9.97 Å². The van der Waals surface area contributed by atoms with Crippen molar-refractivity contribution in [2.45, 2.75) is 19.5 Å². The predicted molar refractivity (Wildman–Crippen MR) is 114 cm³/mol. The minimum atomic E-state index is -0.402. The summed E-state index contributed by atoms with van der Waals surface area (Å²) in [6.07, 6.45) is 6.23. The number of non-ortho nitro benzene ring substituents is 1. The van der Waals surface area contributed by atoms with Crippen molar-refractivity contribution in [2.24, 2.45) is 0 Å². The van der Waals surface area contributed by atoms with E-state index in [9.17, 15) is 10.1 Å². The van der Waals surface area contributed by atoms with Gasteiger partial charge in [0.1, 0.15) is 11.5 Å². The van der Waals surface area contributed by atoms with Crippen molar-refractivity contribution in [3.05, 3.63) is 94.3 Å². The predicted octanol–water partition coefficient (Wildman–Crippen LogP) is 4.27. The summed E-state index contributed by atoms with van der Waals surface area (Å²) in [5.74, 6) is 2.17. The fraction of sp³-hybridized carbons (Fsp3) is 0.174. The zero-order valence-electron chi connectivity index (χ0n) is 16.6. The average Bonchev–Trinajstić information content (AvgIpc) is 3.28. The molecule has 0 bridgehead atoms. The first-order chi connectivity index (χ1) is 15.2. The van der Waals surface area contributed by atoms with E-state index in [1.165, 1.54) is 12.1 Å². The van der Waals surface area contributed by atoms with Crippen LogP contribution in [0.5, 0.6) is 0 Å². The Kier molecular flexibility index (Phi) is 4.97. The number of hydrogen-bond donors (Lipinski definition) is 0. The van der Waals surface area contributed by atoms with E-state index in [0.29, 0.717) is 17.9 Å². The Morgan fingerprint density at radius 3 is 2.81 bits per heavy atom. The first-order valence-electron chi connectivity index (χ1n) is 9.97. The first-order valence-corrected chi connectivity index (χ1v) is 9.97. The van der Waals surface area contributed by atoms with Gasteiger partial charge in [0.2, 0.25) is 0 Å². The Bertz CT molecular complexity index is 1240. The number of benzene rings is 1. The molecule has 8 heteroatoms. The smallest absolute Gasteiger partial charge is 0.270 e. The third-order valence-electron chi connectivity index (χ3n) is 5.33. The summed E-state index contributed by atoms with van der Waals surface area (Å²) in [4.78, 5) is 26.2. The summed E-state index contributed by atoms with van der Waals surface area (Å²) in [6, 6.07) is 14.1. The molecule has 31 heavy (non-hydrogen) atoms. The lowest BCUT2D eigenvalue weighted by Crippen LogP contribution is -2.30. The molecule has 0 N–H and O–H groups in total. The van der Waals surface area contributed by atoms with Crippen molar-refractivity contribution in [3.8, 4) is 22.7 Å². The molecule has 0 spiro atoms. The van der Waals surface area contributed by atoms with E-state index in [1.54, 1.807) is 18.5 Å². The Balaban J connectivity index is 1.29. The first kappa shape index (κ1) is 19.1. The minimum Gasteiger partial charge on any atom is -0.460 e. The van der Waals surface area contributed by atoms with Crippen LogP contribution in [0, 0.1) is 10.1 Å². The zero-order valence-corrected chi connectivity index (χ0v) is 16.6. The lowest BCUT2D eigenvalue weighted by Gasteiger charge is -2.27. The number of hydrogen-bond acceptors (Lipinski definition) is 7. The second kappa shape index (κ2) is 8.08. The molecule has 0 fully saturated rings. The Labute approximate surface area is 178 Å². The van der Waals surface area contributed by atoms with E-state index in [0.717, 1.165) is 47.9 Å². The SMILES string of the molecule is O=[N+]([O-])c1cccc(-c2ccc(CN3CCc4nc(-c5ccncc5)ncc4C3)o2)c1. The number of pyridine rings is 1. The number of aromatic nitrogens is 3. The van der Waals surface area contributed by atoms with E-state index in [2.05, 4.69) is 14.9 Å². The third kappa shape index (κ3) is 4.06. The number of furan rings is 1. The van der Waals surface area contributed by atoms with Gasteiger partial charge in [-0.2, -0.15) is 0 Å². The van der Waals surface area contributed by atoms with Crippen molar-refractivity contribution in [2.75, 3.05) is 6.54 Å². The Morgan fingerprint density at radius 2 is 1.97 bits per heavy atom. The largest absolute Gasteiger partial charge is 0.460 e. The van der Waals surface area contributed by atoms with Gasteiger partial charge in [-0.05, 0) is 24.3 Å². The van der Waals surface area contributed by atoms with Crippen LogP contribution < -0.4 is 0 Å². The second-order valence-electron chi connectivity index (χ2n) is 7.44. The van der Waals surface area contributed by atoms with Crippen molar-refractivity contribution < 1.29 is 9.34 Å². The summed E-state index contributed by atoms with van der Waals surface area (Å²) in [6.45, 7) is 2.27. The molecule has 0 unspecified atom stereocenters. The number of fused-ring (bicyclic) bond motifs is 1. The molecule has 154 valence electrons. The molecule has 0 radical (unpaired) electrons. The van der Waals surface area contributed by atoms with Crippen LogP contribution in [-0.4, -0.2) is 31.3 Å². The lowest BCUT2D eigenvalue weighted by molar-refractivity contribution is -0.384. The number of nitrogens with zero attached hydrogens (tertiary/aromatic N) is 5. The van der Waals surface area contributed by atoms with Crippen LogP contribution >= 0.6 is 0 Å². The fourth-order valence-electron chi connectivity index (χ4n) is 3.76. The summed E-state index contributed by atoms with van der Waals surface area (Å²) >= 11 is 0. The molecule has 1 aromatic carbocycles. The van der Waals surface area contributed by atoms with Gasteiger partial charge in [-0.15, -0.1) is 0 Å². The highest BCUT2D eigenvalue weighted by molar-refractivity contribution is 5.61. The number of rotatable bonds is 5. The van der Waals surface area contributed by atoms with Gasteiger partial charge in [0.25, 0.3) is 5.69 Å². The summed E-state index contributed by atoms with van der Waals surface area (Å²) in [7, 11) is 0. The van der Waals surface area contributed by atoms with E-state index in [-0.39, 0.29) is 5.69 Å². The normalized spacial score (nSPS) is 13.7. The van der Waals surface area contributed by atoms with Gasteiger partial charge in [0.15, 0.2) is 5.82 Å². The van der Waals surface area contributed by atoms with Crippen molar-refractivity contribution in [1.29, 1.82) is 0 Å². The maximum absolute atomic E-state index is 11.0. The summed E-state index contributed by atoms with van der Waals surface area (Å²) in [5.41, 5.74) is 3.91. The highest BCUT2D eigenvalue weighted by atomic mass is 16.6. The second-order valence-corrected chi connectivity index (χ2v) is 7.44. The summed E-state index contributed by atoms with van der Waals surface area (Å²) in [5, 5.41) is 11.0. The van der Waals surface area contributed by atoms with Crippen LogP contribution in [0.2, 0.25) is 0 Å². The van der Waals surface area contributed by atoms with Gasteiger partial charge in [-0.1, -0.05) is 12.1 Å². The van der Waals surface area contributed by atoms with Crippen LogP contribution in [0.15, 0.2) is 71.5 Å². The van der Waals surface area contributed by atoms with E-state index in [4.69, 9.17) is 9.40 Å². The summed E-state index contributed by atoms with van der Waals surface area (Å²) < 4.78 is 5.97. The Morgan fingerprint density at radius 1 is 1.10 bits per heavy atom. The highest BCUT2D eigenvalue weighted by Gasteiger charge is 2.20. The molecule has 0 atom stereocenters. The fourth-order valence-corrected chi connectivity index (χ4v) is 3.76. The van der Waals surface area contributed by atoms with Gasteiger partial charge in [0.05, 0.1) is 17.2 Å². The molecular formula is C23H19N5O3. The van der Waals surface area contributed by atoms with Crippen LogP contribution in [0.4, 0.5) is 5.69 Å². The van der Waals surface area contributed by atoms with Crippen molar-refractivity contribution in [3.63, 3.8) is 0 Å². The van der Waals surface area contributed by atoms with Crippen LogP contribution in [0.3, 0.4) is 0 Å². The molecule has 4 aromatic rings. The highest BCUT2D eigenvalue weighted by Crippen LogP contribution is 2.27. The monoisotopic (exact) mass is 413 g/mol. The topological polar surface area (TPSA) is 98.2 Å². The van der Waals surface area contributed by atoms with E-state index in [1.807, 2.05) is 36.5 Å². The molecule has 4 heterocycles. The average molecular weight is 413 g/mol. The number of nitro groups is 1. The van der Waals surface area contributed by atoms with Gasteiger partial charge < -0.3 is 4.42 Å². The van der Waals surface area contributed by atoms with E-state index < -0.39 is 4.92 Å². The van der Waals surface area contributed by atoms with E-state index >= 15 is 0 Å². The Hall–Kier alpha value is -3.91. The standard InChI is InChI=1S/C23H19N5O3/c29-28(30)19-3-1-2-17(12-19)22-5-4-20(31-22)15-27-11-8-21-18(14-27)13-25-23(26-21)16-6-9-24-10-7-16/h1-7,9-10,12-13H,8,11,14-15H2. The van der Waals surface area contributed by atoms with Gasteiger partial charge >= 0.3 is 0 Å². The molecule has 0 saturated heterocycles. The van der Waals surface area contributed by atoms with Crippen molar-refractivity contribution >= 4 is 5.69 Å². The molecule has 8 nitrogen and oxygen atoms in total. The maximum Gasteiger partial charge on any atom is 0.270 e. The molecule has 1 aliphatic heterocycles. The molecular weight excluding hydrogens is 394 g/mol. The minimum absolute atomic E-state index is 0.0502. The van der Waals surface area contributed by atoms with Crippen LogP contribution in [0.1, 0.15) is 17.0 Å². The van der Waals surface area contributed by atoms with Crippen LogP contribution in [0.25, 0.3) is 22.7 Å². The number of nitro benzene ring substituents is 1. The third-order valence-corrected chi connectivity index (χ3v) is 5.33. The molecule has 0 saturated carbocycles. The van der Waals surface area contributed by atoms with Gasteiger partial charge in [0, 0.05) is 66.9 Å². The molecule has 5 rings (SSSR count). The molecule has 0 aliphatic carbocycles. The molecule has 1 aliphatic rings. The molecule has 0 amide bonds. The molecule has 3 aromatic heterocycles. The van der Waals surface area contributed by atoms with Crippen LogP contribution in [-0.2, 0) is 19.5 Å². The zero-order chi connectivity index (χ0) is 21.2. The van der Waals surface area contributed by atoms with Gasteiger partial charge in [-0.3, -0.25) is 20.0 Å². The maximum atomic E-state index is 11.0. The lowest BCUT2D eigenvalue weighted by atomic mass is 10.1. The van der Waals surface area contributed by atoms with Crippen molar-refractivity contribution in [1.82, 2.24) is 19.9 Å².